The van der Waals surface area contributed by atoms with E-state index in [4.69, 9.17) is 14.2 Å². The fraction of sp³-hybridized carbons (Fsp3) is 0.464. The molecular formula is C28H32O5. The molecule has 2 aromatic carbocycles. The van der Waals surface area contributed by atoms with Gasteiger partial charge in [0, 0.05) is 23.7 Å². The van der Waals surface area contributed by atoms with E-state index in [-0.39, 0.29) is 17.8 Å². The Balaban J connectivity index is 1.53. The van der Waals surface area contributed by atoms with Crippen LogP contribution in [0.5, 0.6) is 5.75 Å². The van der Waals surface area contributed by atoms with E-state index in [1.165, 1.54) is 0 Å². The van der Waals surface area contributed by atoms with Crippen LogP contribution in [0, 0.1) is 17.8 Å². The van der Waals surface area contributed by atoms with Gasteiger partial charge >= 0.3 is 0 Å². The number of rotatable bonds is 5. The minimum atomic E-state index is -0.566. The number of carbonyl (C=O) groups is 1. The van der Waals surface area contributed by atoms with Crippen molar-refractivity contribution < 1.29 is 24.1 Å². The molecule has 0 radical (unpaired) electrons. The van der Waals surface area contributed by atoms with Gasteiger partial charge in [0.15, 0.2) is 5.79 Å². The van der Waals surface area contributed by atoms with E-state index in [9.17, 15) is 9.90 Å². The Bertz CT molecular complexity index is 1010. The third-order valence-electron chi connectivity index (χ3n) is 8.24. The van der Waals surface area contributed by atoms with Gasteiger partial charge in [-0.05, 0) is 54.0 Å². The Kier molecular flexibility index (Phi) is 6.02. The summed E-state index contributed by atoms with van der Waals surface area (Å²) in [5.41, 5.74) is 2.58. The lowest BCUT2D eigenvalue weighted by Gasteiger charge is -2.58. The van der Waals surface area contributed by atoms with Crippen molar-refractivity contribution in [3.05, 3.63) is 77.6 Å². The lowest BCUT2D eigenvalue weighted by molar-refractivity contribution is -0.239. The van der Waals surface area contributed by atoms with Gasteiger partial charge in [0.05, 0.1) is 19.5 Å². The first-order chi connectivity index (χ1) is 16.1. The van der Waals surface area contributed by atoms with E-state index >= 15 is 0 Å². The first-order valence-corrected chi connectivity index (χ1v) is 12.0. The molecule has 1 N–H and O–H groups in total. The topological polar surface area (TPSA) is 65.0 Å². The van der Waals surface area contributed by atoms with Gasteiger partial charge in [0.25, 0.3) is 0 Å². The maximum atomic E-state index is 12.5. The Morgan fingerprint density at radius 3 is 2.61 bits per heavy atom. The van der Waals surface area contributed by atoms with Crippen molar-refractivity contribution in [2.75, 3.05) is 13.2 Å². The van der Waals surface area contributed by atoms with Crippen LogP contribution >= 0.6 is 0 Å². The maximum Gasteiger partial charge on any atom is 0.171 e. The normalized spacial score (nSPS) is 31.9. The average Bonchev–Trinajstić information content (AvgIpc) is 3.35. The van der Waals surface area contributed by atoms with E-state index in [0.29, 0.717) is 26.2 Å². The SMILES string of the molecule is C[C@H]1[C@@H]2CC/C(=C/O)C(C=O)[C@]2(c2cccc(OCc3ccccc3)c2)CCC12OCCO2. The van der Waals surface area contributed by atoms with Crippen LogP contribution in [0.2, 0.25) is 0 Å². The minimum Gasteiger partial charge on any atom is -0.516 e. The number of aliphatic hydroxyl groups is 1. The second-order valence-corrected chi connectivity index (χ2v) is 9.60. The Morgan fingerprint density at radius 2 is 1.88 bits per heavy atom. The predicted octanol–water partition coefficient (Wildman–Crippen LogP) is 5.34. The molecule has 3 aliphatic rings. The quantitative estimate of drug-likeness (QED) is 0.494. The molecular weight excluding hydrogens is 416 g/mol. The molecule has 2 aliphatic carbocycles. The molecule has 0 amide bonds. The van der Waals surface area contributed by atoms with Crippen molar-refractivity contribution in [3.8, 4) is 5.75 Å². The molecule has 5 nitrogen and oxygen atoms in total. The molecule has 5 heteroatoms. The molecule has 4 atom stereocenters. The fourth-order valence-electron chi connectivity index (χ4n) is 6.63. The van der Waals surface area contributed by atoms with E-state index < -0.39 is 11.2 Å². The van der Waals surface area contributed by atoms with Crippen LogP contribution < -0.4 is 4.74 Å². The minimum absolute atomic E-state index is 0.130. The van der Waals surface area contributed by atoms with E-state index in [1.807, 2.05) is 42.5 Å². The standard InChI is InChI=1S/C28H32O5/c1-20-25-11-10-22(17-29)26(18-30)27(25,12-13-28(20)32-14-15-33-28)23-8-5-9-24(16-23)31-19-21-6-3-2-4-7-21/h2-9,16-18,20,25-26,29H,10-15,19H2,1H3/b22-17-/t20-,25-,26?,27-/m0/s1. The number of ether oxygens (including phenoxy) is 3. The summed E-state index contributed by atoms with van der Waals surface area (Å²) in [4.78, 5) is 12.5. The van der Waals surface area contributed by atoms with Gasteiger partial charge in [0.1, 0.15) is 18.6 Å². The van der Waals surface area contributed by atoms with Gasteiger partial charge in [0.2, 0.25) is 0 Å². The Hall–Kier alpha value is -2.63. The number of aldehydes is 1. The van der Waals surface area contributed by atoms with Gasteiger partial charge in [-0.25, -0.2) is 0 Å². The van der Waals surface area contributed by atoms with Crippen LogP contribution in [0.4, 0.5) is 0 Å². The van der Waals surface area contributed by atoms with Gasteiger partial charge in [-0.15, -0.1) is 0 Å². The zero-order chi connectivity index (χ0) is 22.9. The molecule has 2 aromatic rings. The van der Waals surface area contributed by atoms with Crippen molar-refractivity contribution in [1.29, 1.82) is 0 Å². The first-order valence-electron chi connectivity index (χ1n) is 12.0. The monoisotopic (exact) mass is 448 g/mol. The lowest BCUT2D eigenvalue weighted by atomic mass is 9.47. The number of allylic oxidation sites excluding steroid dienone is 1. The summed E-state index contributed by atoms with van der Waals surface area (Å²) >= 11 is 0. The average molecular weight is 449 g/mol. The van der Waals surface area contributed by atoms with Crippen molar-refractivity contribution in [2.45, 2.75) is 50.4 Å². The van der Waals surface area contributed by atoms with E-state index in [0.717, 1.165) is 54.3 Å². The molecule has 2 saturated carbocycles. The van der Waals surface area contributed by atoms with Crippen LogP contribution in [0.1, 0.15) is 43.7 Å². The molecule has 0 bridgehead atoms. The summed E-state index contributed by atoms with van der Waals surface area (Å²) in [6.45, 7) is 3.92. The largest absolute Gasteiger partial charge is 0.516 e. The highest BCUT2D eigenvalue weighted by molar-refractivity contribution is 5.64. The number of fused-ring (bicyclic) bond motifs is 1. The highest BCUT2D eigenvalue weighted by Gasteiger charge is 2.61. The van der Waals surface area contributed by atoms with Crippen LogP contribution in [-0.2, 0) is 26.3 Å². The Morgan fingerprint density at radius 1 is 1.09 bits per heavy atom. The van der Waals surface area contributed by atoms with Gasteiger partial charge in [-0.2, -0.15) is 0 Å². The summed E-state index contributed by atoms with van der Waals surface area (Å²) in [5, 5.41) is 9.98. The third kappa shape index (κ3) is 3.68. The summed E-state index contributed by atoms with van der Waals surface area (Å²) < 4.78 is 18.5. The second-order valence-electron chi connectivity index (χ2n) is 9.60. The zero-order valence-corrected chi connectivity index (χ0v) is 19.1. The number of hydrogen-bond acceptors (Lipinski definition) is 5. The molecule has 5 rings (SSSR count). The van der Waals surface area contributed by atoms with Gasteiger partial charge in [-0.1, -0.05) is 49.4 Å². The van der Waals surface area contributed by atoms with Crippen molar-refractivity contribution in [2.24, 2.45) is 17.8 Å². The highest BCUT2D eigenvalue weighted by atomic mass is 16.7. The molecule has 0 aromatic heterocycles. The summed E-state index contributed by atoms with van der Waals surface area (Å²) in [6.07, 6.45) is 5.25. The first kappa shape index (κ1) is 22.2. The van der Waals surface area contributed by atoms with E-state index in [1.54, 1.807) is 0 Å². The summed E-state index contributed by atoms with van der Waals surface area (Å²) in [6, 6.07) is 18.3. The van der Waals surface area contributed by atoms with Crippen LogP contribution in [0.15, 0.2) is 66.4 Å². The number of aliphatic hydroxyl groups excluding tert-OH is 1. The molecule has 1 spiro atoms. The third-order valence-corrected chi connectivity index (χ3v) is 8.24. The predicted molar refractivity (Wildman–Crippen MR) is 125 cm³/mol. The molecule has 1 unspecified atom stereocenters. The fourth-order valence-corrected chi connectivity index (χ4v) is 6.63. The molecule has 3 fully saturated rings. The summed E-state index contributed by atoms with van der Waals surface area (Å²) in [7, 11) is 0. The molecule has 1 saturated heterocycles. The number of benzene rings is 2. The second kappa shape index (κ2) is 8.96. The van der Waals surface area contributed by atoms with Gasteiger partial charge in [-0.3, -0.25) is 0 Å². The molecule has 174 valence electrons. The lowest BCUT2D eigenvalue weighted by Crippen LogP contribution is -2.59. The smallest absolute Gasteiger partial charge is 0.171 e. The number of carbonyl (C=O) groups excluding carboxylic acids is 1. The molecule has 1 aliphatic heterocycles. The molecule has 33 heavy (non-hydrogen) atoms. The van der Waals surface area contributed by atoms with Crippen LogP contribution in [0.25, 0.3) is 0 Å². The van der Waals surface area contributed by atoms with Crippen molar-refractivity contribution >= 4 is 6.29 Å². The zero-order valence-electron chi connectivity index (χ0n) is 19.1. The molecule has 1 heterocycles. The number of hydrogen-bond donors (Lipinski definition) is 1. The van der Waals surface area contributed by atoms with Crippen molar-refractivity contribution in [1.82, 2.24) is 0 Å². The van der Waals surface area contributed by atoms with Gasteiger partial charge < -0.3 is 24.1 Å². The summed E-state index contributed by atoms with van der Waals surface area (Å²) in [5.74, 6) is 0.157. The maximum absolute atomic E-state index is 12.5. The van der Waals surface area contributed by atoms with Crippen LogP contribution in [0.3, 0.4) is 0 Å². The van der Waals surface area contributed by atoms with Crippen LogP contribution in [-0.4, -0.2) is 30.4 Å². The van der Waals surface area contributed by atoms with E-state index in [2.05, 4.69) is 19.1 Å². The Labute approximate surface area is 195 Å². The highest BCUT2D eigenvalue weighted by Crippen LogP contribution is 2.61. The van der Waals surface area contributed by atoms with Crippen molar-refractivity contribution in [3.63, 3.8) is 0 Å².